The van der Waals surface area contributed by atoms with Crippen LogP contribution < -0.4 is 28.8 Å². The maximum absolute atomic E-state index is 11.2. The largest absolute Gasteiger partial charge is 0.504 e. The highest BCUT2D eigenvalue weighted by Gasteiger charge is 2.15. The fourth-order valence-electron chi connectivity index (χ4n) is 4.27. The molecule has 0 unspecified atom stereocenters. The lowest BCUT2D eigenvalue weighted by molar-refractivity contribution is 0.354. The second kappa shape index (κ2) is 12.8. The summed E-state index contributed by atoms with van der Waals surface area (Å²) < 4.78 is 52.9. The number of hydrogen-bond donors (Lipinski definition) is 2. The predicted molar refractivity (Wildman–Crippen MR) is 158 cm³/mol. The molecule has 0 bridgehead atoms. The molecule has 2 aromatic heterocycles. The minimum absolute atomic E-state index is 0.0512. The van der Waals surface area contributed by atoms with Crippen molar-refractivity contribution in [2.45, 2.75) is 6.42 Å². The van der Waals surface area contributed by atoms with Gasteiger partial charge in [-0.3, -0.25) is 4.98 Å². The third-order valence-electron chi connectivity index (χ3n) is 6.21. The molecule has 0 radical (unpaired) electrons. The topological polar surface area (TPSA) is 164 Å². The second-order valence-corrected chi connectivity index (χ2v) is 10.7. The molecular formula is C30H29NO11S. The zero-order valence-corrected chi connectivity index (χ0v) is 24.7. The van der Waals surface area contributed by atoms with Crippen molar-refractivity contribution in [3.05, 3.63) is 82.5 Å². The minimum atomic E-state index is -3.83. The van der Waals surface area contributed by atoms with Crippen LogP contribution >= 0.6 is 0 Å². The van der Waals surface area contributed by atoms with Crippen molar-refractivity contribution in [3.63, 3.8) is 0 Å². The highest BCUT2D eigenvalue weighted by atomic mass is 32.2. The van der Waals surface area contributed by atoms with E-state index in [4.69, 9.17) is 23.4 Å². The first-order valence-corrected chi connectivity index (χ1v) is 14.4. The Morgan fingerprint density at radius 1 is 0.744 bits per heavy atom. The summed E-state index contributed by atoms with van der Waals surface area (Å²) in [6.45, 7) is 0. The van der Waals surface area contributed by atoms with E-state index in [0.29, 0.717) is 29.4 Å². The monoisotopic (exact) mass is 611 g/mol. The molecule has 0 saturated carbocycles. The van der Waals surface area contributed by atoms with E-state index in [1.165, 1.54) is 0 Å². The first-order valence-electron chi connectivity index (χ1n) is 12.6. The van der Waals surface area contributed by atoms with Crippen molar-refractivity contribution in [3.8, 4) is 40.2 Å². The number of nitrogens with zero attached hydrogens (tertiary/aromatic N) is 1. The number of benzene rings is 3. The SMILES string of the molecule is COc1ccc(Cc2nccc3cc(OC)c(OC)cc23)cc1OC.CS(=O)(=O)Oc1cc(=O)oc2cc(O)c(O)cc12. The number of phenols is 2. The van der Waals surface area contributed by atoms with Gasteiger partial charge in [-0.25, -0.2) is 4.79 Å². The highest BCUT2D eigenvalue weighted by Crippen LogP contribution is 2.35. The van der Waals surface area contributed by atoms with Gasteiger partial charge in [-0.05, 0) is 47.3 Å². The van der Waals surface area contributed by atoms with Crippen molar-refractivity contribution < 1.29 is 46.2 Å². The van der Waals surface area contributed by atoms with Crippen LogP contribution in [0.4, 0.5) is 0 Å². The molecule has 5 aromatic rings. The number of ether oxygens (including phenoxy) is 4. The molecule has 0 spiro atoms. The summed E-state index contributed by atoms with van der Waals surface area (Å²) >= 11 is 0. The molecule has 0 aliphatic carbocycles. The van der Waals surface area contributed by atoms with Crippen molar-refractivity contribution in [2.75, 3.05) is 34.7 Å². The number of rotatable bonds is 8. The van der Waals surface area contributed by atoms with Gasteiger partial charge in [0.1, 0.15) is 5.58 Å². The zero-order valence-electron chi connectivity index (χ0n) is 23.9. The van der Waals surface area contributed by atoms with E-state index in [1.54, 1.807) is 28.4 Å². The zero-order chi connectivity index (χ0) is 31.3. The number of hydrogen-bond acceptors (Lipinski definition) is 12. The van der Waals surface area contributed by atoms with Gasteiger partial charge >= 0.3 is 15.7 Å². The average molecular weight is 612 g/mol. The van der Waals surface area contributed by atoms with Gasteiger partial charge in [0, 0.05) is 24.1 Å². The normalized spacial score (nSPS) is 11.0. The van der Waals surface area contributed by atoms with Crippen LogP contribution in [-0.4, -0.2) is 58.3 Å². The van der Waals surface area contributed by atoms with E-state index < -0.39 is 27.2 Å². The van der Waals surface area contributed by atoms with Crippen LogP contribution in [0.2, 0.25) is 0 Å². The van der Waals surface area contributed by atoms with Crippen LogP contribution in [0.5, 0.6) is 40.2 Å². The van der Waals surface area contributed by atoms with E-state index in [9.17, 15) is 23.4 Å². The van der Waals surface area contributed by atoms with E-state index in [1.807, 2.05) is 42.6 Å². The summed E-state index contributed by atoms with van der Waals surface area (Å²) in [5.41, 5.74) is 1.11. The second-order valence-electron chi connectivity index (χ2n) is 9.11. The van der Waals surface area contributed by atoms with Crippen LogP contribution in [-0.2, 0) is 16.5 Å². The summed E-state index contributed by atoms with van der Waals surface area (Å²) in [4.78, 5) is 15.8. The molecule has 2 heterocycles. The lowest BCUT2D eigenvalue weighted by Crippen LogP contribution is -2.08. The first kappa shape index (κ1) is 30.8. The maximum atomic E-state index is 11.2. The van der Waals surface area contributed by atoms with Crippen LogP contribution in [0, 0.1) is 0 Å². The Labute approximate surface area is 246 Å². The van der Waals surface area contributed by atoms with E-state index >= 15 is 0 Å². The van der Waals surface area contributed by atoms with Gasteiger partial charge in [0.2, 0.25) is 0 Å². The highest BCUT2D eigenvalue weighted by molar-refractivity contribution is 7.86. The number of fused-ring (bicyclic) bond motifs is 2. The Morgan fingerprint density at radius 2 is 1.37 bits per heavy atom. The lowest BCUT2D eigenvalue weighted by atomic mass is 10.0. The van der Waals surface area contributed by atoms with Gasteiger partial charge in [0.15, 0.2) is 40.2 Å². The van der Waals surface area contributed by atoms with Gasteiger partial charge in [-0.1, -0.05) is 6.07 Å². The average Bonchev–Trinajstić information content (AvgIpc) is 2.97. The maximum Gasteiger partial charge on any atom is 0.340 e. The van der Waals surface area contributed by atoms with Crippen LogP contribution in [0.1, 0.15) is 11.3 Å². The molecule has 0 aliphatic rings. The molecule has 0 atom stereocenters. The van der Waals surface area contributed by atoms with E-state index in [2.05, 4.69) is 9.17 Å². The van der Waals surface area contributed by atoms with Gasteiger partial charge in [0.05, 0.1) is 51.8 Å². The van der Waals surface area contributed by atoms with Crippen molar-refractivity contribution in [1.29, 1.82) is 0 Å². The van der Waals surface area contributed by atoms with Crippen molar-refractivity contribution >= 4 is 31.9 Å². The summed E-state index contributed by atoms with van der Waals surface area (Å²) in [7, 11) is 2.70. The standard InChI is InChI=1S/C20H21NO4.C10H8O7S/c1-22-17-6-5-13(10-18(17)23-2)9-16-15-12-20(25-4)19(24-3)11-14(15)7-8-21-16;1-18(14,15)17-9-4-10(13)16-8-3-7(12)6(11)2-5(8)9/h5-8,10-12H,9H2,1-4H3;2-4,11-12H,1H3. The Bertz CT molecular complexity index is 1950. The third kappa shape index (κ3) is 7.19. The number of methoxy groups -OCH3 is 4. The minimum Gasteiger partial charge on any atom is -0.504 e. The molecule has 3 aromatic carbocycles. The van der Waals surface area contributed by atoms with Gasteiger partial charge in [0.25, 0.3) is 0 Å². The predicted octanol–water partition coefficient (Wildman–Crippen LogP) is 4.40. The summed E-state index contributed by atoms with van der Waals surface area (Å²) in [5.74, 6) is 1.55. The van der Waals surface area contributed by atoms with E-state index in [-0.39, 0.29) is 16.7 Å². The molecule has 12 nitrogen and oxygen atoms in total. The Balaban J connectivity index is 0.000000208. The summed E-state index contributed by atoms with van der Waals surface area (Å²) in [6.07, 6.45) is 3.30. The number of aromatic hydroxyl groups is 2. The fraction of sp³-hybridized carbons (Fsp3) is 0.200. The third-order valence-corrected chi connectivity index (χ3v) is 6.70. The van der Waals surface area contributed by atoms with Gasteiger partial charge in [-0.15, -0.1) is 0 Å². The molecule has 0 aliphatic heterocycles. The van der Waals surface area contributed by atoms with Gasteiger partial charge < -0.3 is 37.8 Å². The lowest BCUT2D eigenvalue weighted by Gasteiger charge is -2.12. The summed E-state index contributed by atoms with van der Waals surface area (Å²) in [6, 6.07) is 14.7. The first-order chi connectivity index (χ1) is 20.5. The quantitative estimate of drug-likeness (QED) is 0.145. The molecule has 226 valence electrons. The summed E-state index contributed by atoms with van der Waals surface area (Å²) in [5, 5.41) is 20.7. The van der Waals surface area contributed by atoms with E-state index in [0.717, 1.165) is 46.5 Å². The Kier molecular flexibility index (Phi) is 9.15. The van der Waals surface area contributed by atoms with Gasteiger partial charge in [-0.2, -0.15) is 8.42 Å². The van der Waals surface area contributed by atoms with Crippen molar-refractivity contribution in [1.82, 2.24) is 4.98 Å². The van der Waals surface area contributed by atoms with Crippen molar-refractivity contribution in [2.24, 2.45) is 0 Å². The molecular weight excluding hydrogens is 582 g/mol. The smallest absolute Gasteiger partial charge is 0.340 e. The van der Waals surface area contributed by atoms with Crippen LogP contribution in [0.15, 0.2) is 70.0 Å². The molecule has 0 saturated heterocycles. The Hall–Kier alpha value is -5.17. The molecule has 43 heavy (non-hydrogen) atoms. The molecule has 13 heteroatoms. The number of phenolic OH excluding ortho intramolecular Hbond substituents is 2. The number of aromatic nitrogens is 1. The molecule has 0 fully saturated rings. The number of pyridine rings is 1. The Morgan fingerprint density at radius 3 is 2.02 bits per heavy atom. The molecule has 0 amide bonds. The fourth-order valence-corrected chi connectivity index (χ4v) is 4.74. The van der Waals surface area contributed by atoms with Crippen LogP contribution in [0.25, 0.3) is 21.7 Å². The molecule has 2 N–H and O–H groups in total. The molecule has 5 rings (SSSR count). The van der Waals surface area contributed by atoms with Crippen LogP contribution in [0.3, 0.4) is 0 Å².